The first-order valence-electron chi connectivity index (χ1n) is 5.00. The Balaban J connectivity index is 4.78. The molecule has 5 heteroatoms. The Bertz CT molecular complexity index is 251. The maximum absolute atomic E-state index is 11.1. The highest BCUT2D eigenvalue weighted by Gasteiger charge is 2.33. The molecule has 0 saturated carbocycles. The molecule has 15 heavy (non-hydrogen) atoms. The van der Waals surface area contributed by atoms with Gasteiger partial charge in [0.15, 0.2) is 0 Å². The molecule has 0 radical (unpaired) electrons. The van der Waals surface area contributed by atoms with Crippen molar-refractivity contribution in [1.82, 2.24) is 4.90 Å². The van der Waals surface area contributed by atoms with Crippen molar-refractivity contribution in [2.75, 3.05) is 6.54 Å². The van der Waals surface area contributed by atoms with E-state index in [2.05, 4.69) is 0 Å². The van der Waals surface area contributed by atoms with Gasteiger partial charge in [0.2, 0.25) is 5.91 Å². The van der Waals surface area contributed by atoms with E-state index < -0.39 is 23.5 Å². The lowest BCUT2D eigenvalue weighted by Gasteiger charge is -2.39. The number of primary amides is 1. The molecular weight excluding hydrogens is 196 g/mol. The average molecular weight is 216 g/mol. The number of amides is 1. The summed E-state index contributed by atoms with van der Waals surface area (Å²) >= 11 is 0. The van der Waals surface area contributed by atoms with Gasteiger partial charge < -0.3 is 10.8 Å². The van der Waals surface area contributed by atoms with Crippen molar-refractivity contribution in [3.63, 3.8) is 0 Å². The van der Waals surface area contributed by atoms with Crippen molar-refractivity contribution >= 4 is 11.9 Å². The van der Waals surface area contributed by atoms with Crippen LogP contribution in [0, 0.1) is 0 Å². The molecule has 1 amide bonds. The van der Waals surface area contributed by atoms with Gasteiger partial charge in [-0.2, -0.15) is 0 Å². The second-order valence-corrected chi connectivity index (χ2v) is 4.25. The number of rotatable bonds is 6. The minimum atomic E-state index is -0.880. The predicted molar refractivity (Wildman–Crippen MR) is 57.4 cm³/mol. The highest BCUT2D eigenvalue weighted by atomic mass is 16.4. The number of aliphatic carboxylic acids is 1. The predicted octanol–water partition coefficient (Wildman–Crippen LogP) is 0.435. The van der Waals surface area contributed by atoms with Gasteiger partial charge in [0.25, 0.3) is 0 Å². The lowest BCUT2D eigenvalue weighted by Crippen LogP contribution is -2.54. The third-order valence-electron chi connectivity index (χ3n) is 2.58. The van der Waals surface area contributed by atoms with E-state index in [9.17, 15) is 9.59 Å². The van der Waals surface area contributed by atoms with Gasteiger partial charge in [0.1, 0.15) is 0 Å². The third-order valence-corrected chi connectivity index (χ3v) is 2.58. The summed E-state index contributed by atoms with van der Waals surface area (Å²) in [6.45, 7) is 7.75. The van der Waals surface area contributed by atoms with E-state index in [1.807, 2.05) is 6.92 Å². The molecule has 3 N–H and O–H groups in total. The smallest absolute Gasteiger partial charge is 0.305 e. The Labute approximate surface area is 90.2 Å². The Hall–Kier alpha value is -1.10. The molecule has 0 aromatic heterocycles. The summed E-state index contributed by atoms with van der Waals surface area (Å²) in [7, 11) is 0. The minimum Gasteiger partial charge on any atom is -0.481 e. The molecule has 0 spiro atoms. The molecule has 0 bridgehead atoms. The summed E-state index contributed by atoms with van der Waals surface area (Å²) < 4.78 is 0. The van der Waals surface area contributed by atoms with Crippen LogP contribution in [0.1, 0.15) is 34.1 Å². The Morgan fingerprint density at radius 3 is 2.20 bits per heavy atom. The maximum Gasteiger partial charge on any atom is 0.305 e. The minimum absolute atomic E-state index is 0.0154. The average Bonchev–Trinajstić information content (AvgIpc) is 2.01. The van der Waals surface area contributed by atoms with Crippen molar-refractivity contribution in [3.8, 4) is 0 Å². The number of nitrogens with two attached hydrogens (primary N) is 1. The summed E-state index contributed by atoms with van der Waals surface area (Å²) in [6, 6.07) is -0.454. The molecule has 88 valence electrons. The van der Waals surface area contributed by atoms with Crippen molar-refractivity contribution in [2.24, 2.45) is 5.73 Å². The third kappa shape index (κ3) is 3.87. The zero-order chi connectivity index (χ0) is 12.2. The number of likely N-dealkylation sites (N-methyl/N-ethyl adjacent to an activating group) is 1. The Morgan fingerprint density at radius 2 is 1.93 bits per heavy atom. The van der Waals surface area contributed by atoms with Gasteiger partial charge in [0.05, 0.1) is 12.5 Å². The molecular formula is C10H20N2O3. The van der Waals surface area contributed by atoms with E-state index >= 15 is 0 Å². The number of carbonyl (C=O) groups is 2. The topological polar surface area (TPSA) is 83.6 Å². The van der Waals surface area contributed by atoms with Crippen molar-refractivity contribution in [3.05, 3.63) is 0 Å². The molecule has 0 aliphatic rings. The maximum atomic E-state index is 11.1. The zero-order valence-electron chi connectivity index (χ0n) is 9.78. The molecule has 0 unspecified atom stereocenters. The first-order chi connectivity index (χ1) is 6.72. The van der Waals surface area contributed by atoms with Gasteiger partial charge in [-0.1, -0.05) is 6.92 Å². The Kier molecular flexibility index (Phi) is 4.74. The van der Waals surface area contributed by atoms with E-state index in [1.165, 1.54) is 0 Å². The standard InChI is InChI=1S/C10H20N2O3/c1-5-12(7(2)9(11)15)10(3,4)6-8(13)14/h7H,5-6H2,1-4H3,(H2,11,15)(H,13,14)/t7-/m0/s1. The van der Waals surface area contributed by atoms with Crippen LogP contribution in [0.3, 0.4) is 0 Å². The van der Waals surface area contributed by atoms with Gasteiger partial charge in [-0.15, -0.1) is 0 Å². The van der Waals surface area contributed by atoms with Crippen LogP contribution in [0.4, 0.5) is 0 Å². The van der Waals surface area contributed by atoms with Crippen LogP contribution >= 0.6 is 0 Å². The highest BCUT2D eigenvalue weighted by Crippen LogP contribution is 2.21. The van der Waals surface area contributed by atoms with Crippen LogP contribution in [-0.4, -0.2) is 40.0 Å². The molecule has 0 rings (SSSR count). The van der Waals surface area contributed by atoms with Gasteiger partial charge in [-0.05, 0) is 27.3 Å². The van der Waals surface area contributed by atoms with E-state index in [1.54, 1.807) is 25.7 Å². The van der Waals surface area contributed by atoms with Crippen molar-refractivity contribution in [2.45, 2.75) is 45.7 Å². The van der Waals surface area contributed by atoms with E-state index in [0.29, 0.717) is 6.54 Å². The lowest BCUT2D eigenvalue weighted by molar-refractivity contribution is -0.141. The molecule has 5 nitrogen and oxygen atoms in total. The van der Waals surface area contributed by atoms with Crippen LogP contribution < -0.4 is 5.73 Å². The fourth-order valence-electron chi connectivity index (χ4n) is 1.85. The number of carbonyl (C=O) groups excluding carboxylic acids is 1. The fourth-order valence-corrected chi connectivity index (χ4v) is 1.85. The lowest BCUT2D eigenvalue weighted by atomic mass is 9.96. The molecule has 0 aliphatic heterocycles. The van der Waals surface area contributed by atoms with Crippen LogP contribution in [-0.2, 0) is 9.59 Å². The largest absolute Gasteiger partial charge is 0.481 e. The second-order valence-electron chi connectivity index (χ2n) is 4.25. The molecule has 0 heterocycles. The highest BCUT2D eigenvalue weighted by molar-refractivity contribution is 5.79. The van der Waals surface area contributed by atoms with Gasteiger partial charge >= 0.3 is 5.97 Å². The molecule has 1 atom stereocenters. The van der Waals surface area contributed by atoms with Gasteiger partial charge in [-0.25, -0.2) is 0 Å². The first kappa shape index (κ1) is 13.9. The van der Waals surface area contributed by atoms with E-state index in [4.69, 9.17) is 10.8 Å². The molecule has 0 aromatic carbocycles. The number of carboxylic acids is 1. The second kappa shape index (κ2) is 5.11. The van der Waals surface area contributed by atoms with Crippen molar-refractivity contribution in [1.29, 1.82) is 0 Å². The van der Waals surface area contributed by atoms with E-state index in [-0.39, 0.29) is 6.42 Å². The molecule has 0 aliphatic carbocycles. The normalized spacial score (nSPS) is 13.9. The molecule has 0 saturated heterocycles. The molecule has 0 aromatic rings. The first-order valence-corrected chi connectivity index (χ1v) is 5.00. The summed E-state index contributed by atoms with van der Waals surface area (Å²) in [6.07, 6.45) is -0.0154. The van der Waals surface area contributed by atoms with E-state index in [0.717, 1.165) is 0 Å². The van der Waals surface area contributed by atoms with Gasteiger partial charge in [-0.3, -0.25) is 14.5 Å². The Morgan fingerprint density at radius 1 is 1.47 bits per heavy atom. The van der Waals surface area contributed by atoms with Crippen LogP contribution in [0.15, 0.2) is 0 Å². The number of hydrogen-bond donors (Lipinski definition) is 2. The molecule has 0 fully saturated rings. The van der Waals surface area contributed by atoms with Crippen molar-refractivity contribution < 1.29 is 14.7 Å². The summed E-state index contributed by atoms with van der Waals surface area (Å²) in [4.78, 5) is 23.5. The van der Waals surface area contributed by atoms with Gasteiger partial charge in [0, 0.05) is 5.54 Å². The zero-order valence-corrected chi connectivity index (χ0v) is 9.78. The monoisotopic (exact) mass is 216 g/mol. The number of carboxylic acid groups (broad SMARTS) is 1. The van der Waals surface area contributed by atoms with Crippen LogP contribution in [0.5, 0.6) is 0 Å². The van der Waals surface area contributed by atoms with Crippen LogP contribution in [0.25, 0.3) is 0 Å². The SMILES string of the molecule is CCN([C@@H](C)C(N)=O)C(C)(C)CC(=O)O. The van der Waals surface area contributed by atoms with Crippen LogP contribution in [0.2, 0.25) is 0 Å². The summed E-state index contributed by atoms with van der Waals surface area (Å²) in [5, 5.41) is 8.77. The quantitative estimate of drug-likeness (QED) is 0.674. The summed E-state index contributed by atoms with van der Waals surface area (Å²) in [5.74, 6) is -1.31. The number of hydrogen-bond acceptors (Lipinski definition) is 3. The number of nitrogens with zero attached hydrogens (tertiary/aromatic N) is 1. The summed E-state index contributed by atoms with van der Waals surface area (Å²) in [5.41, 5.74) is 4.64. The fraction of sp³-hybridized carbons (Fsp3) is 0.800.